The van der Waals surface area contributed by atoms with E-state index in [0.717, 1.165) is 24.9 Å². The number of carboxylic acids is 1. The van der Waals surface area contributed by atoms with Crippen molar-refractivity contribution in [2.45, 2.75) is 38.3 Å². The van der Waals surface area contributed by atoms with Gasteiger partial charge in [-0.15, -0.1) is 0 Å². The van der Waals surface area contributed by atoms with Crippen molar-refractivity contribution in [3.63, 3.8) is 0 Å². The van der Waals surface area contributed by atoms with Gasteiger partial charge in [-0.05, 0) is 44.0 Å². The van der Waals surface area contributed by atoms with Crippen LogP contribution in [0.1, 0.15) is 26.2 Å². The summed E-state index contributed by atoms with van der Waals surface area (Å²) in [6, 6.07) is 6.36. The summed E-state index contributed by atoms with van der Waals surface area (Å²) in [7, 11) is 0. The number of anilines is 1. The molecule has 2 amide bonds. The van der Waals surface area contributed by atoms with Crippen LogP contribution < -0.4 is 16.0 Å². The van der Waals surface area contributed by atoms with Crippen LogP contribution in [-0.2, 0) is 4.79 Å². The van der Waals surface area contributed by atoms with E-state index in [0.29, 0.717) is 19.6 Å². The molecule has 1 aliphatic carbocycles. The molecule has 144 valence electrons. The number of urea groups is 1. The van der Waals surface area contributed by atoms with Crippen LogP contribution in [0, 0.1) is 5.82 Å². The average molecular weight is 366 g/mol. The zero-order chi connectivity index (χ0) is 18.9. The lowest BCUT2D eigenvalue weighted by Gasteiger charge is -2.42. The summed E-state index contributed by atoms with van der Waals surface area (Å²) in [6.45, 7) is 3.82. The van der Waals surface area contributed by atoms with Crippen LogP contribution in [0.3, 0.4) is 0 Å². The lowest BCUT2D eigenvalue weighted by molar-refractivity contribution is -0.139. The molecule has 0 bridgehead atoms. The molecule has 0 atom stereocenters. The lowest BCUT2D eigenvalue weighted by atomic mass is 9.85. The number of benzene rings is 1. The molecule has 7 nitrogen and oxygen atoms in total. The van der Waals surface area contributed by atoms with Gasteiger partial charge >= 0.3 is 12.0 Å². The number of hydrogen-bond donors (Lipinski definition) is 4. The highest BCUT2D eigenvalue weighted by Gasteiger charge is 2.34. The van der Waals surface area contributed by atoms with Crippen molar-refractivity contribution in [1.29, 1.82) is 0 Å². The third kappa shape index (κ3) is 6.51. The van der Waals surface area contributed by atoms with Crippen molar-refractivity contribution in [2.24, 2.45) is 0 Å². The second-order valence-electron chi connectivity index (χ2n) is 6.47. The number of carbonyl (C=O) groups is 2. The van der Waals surface area contributed by atoms with Gasteiger partial charge in [0.05, 0.1) is 6.54 Å². The lowest BCUT2D eigenvalue weighted by Crippen LogP contribution is -2.56. The van der Waals surface area contributed by atoms with Gasteiger partial charge in [-0.2, -0.15) is 0 Å². The number of carboxylic acid groups (broad SMARTS) is 1. The number of hydrogen-bond acceptors (Lipinski definition) is 4. The number of likely N-dealkylation sites (N-methyl/N-ethyl adjacent to an activating group) is 1. The van der Waals surface area contributed by atoms with Crippen LogP contribution in [0.15, 0.2) is 24.3 Å². The van der Waals surface area contributed by atoms with E-state index in [-0.39, 0.29) is 30.5 Å². The highest BCUT2D eigenvalue weighted by molar-refractivity contribution is 5.74. The SMILES string of the molecule is CCN(CC(=O)O)C1CC(NC(=O)NCCCNc2cccc(F)c2)C1. The number of aliphatic carboxylic acids is 1. The van der Waals surface area contributed by atoms with Gasteiger partial charge in [-0.1, -0.05) is 13.0 Å². The van der Waals surface area contributed by atoms with Crippen LogP contribution in [0.25, 0.3) is 0 Å². The molecule has 0 saturated heterocycles. The fourth-order valence-corrected chi connectivity index (χ4v) is 3.03. The molecule has 0 heterocycles. The zero-order valence-electron chi connectivity index (χ0n) is 15.0. The molecule has 26 heavy (non-hydrogen) atoms. The van der Waals surface area contributed by atoms with Gasteiger partial charge < -0.3 is 21.1 Å². The minimum Gasteiger partial charge on any atom is -0.480 e. The number of carbonyl (C=O) groups excluding carboxylic acids is 1. The van der Waals surface area contributed by atoms with E-state index >= 15 is 0 Å². The third-order valence-corrected chi connectivity index (χ3v) is 4.50. The number of halogens is 1. The Morgan fingerprint density at radius 1 is 1.31 bits per heavy atom. The molecule has 0 aromatic heterocycles. The number of rotatable bonds is 10. The summed E-state index contributed by atoms with van der Waals surface area (Å²) in [6.07, 6.45) is 2.27. The molecular formula is C18H27FN4O3. The number of amides is 2. The van der Waals surface area contributed by atoms with Crippen LogP contribution in [0.2, 0.25) is 0 Å². The van der Waals surface area contributed by atoms with Gasteiger partial charge in [0, 0.05) is 30.9 Å². The van der Waals surface area contributed by atoms with Crippen molar-refractivity contribution < 1.29 is 19.1 Å². The summed E-state index contributed by atoms with van der Waals surface area (Å²) in [5.41, 5.74) is 0.719. The van der Waals surface area contributed by atoms with E-state index < -0.39 is 5.97 Å². The van der Waals surface area contributed by atoms with E-state index in [9.17, 15) is 14.0 Å². The van der Waals surface area contributed by atoms with Crippen LogP contribution in [-0.4, -0.2) is 60.3 Å². The maximum Gasteiger partial charge on any atom is 0.317 e. The Labute approximate surface area is 152 Å². The largest absolute Gasteiger partial charge is 0.480 e. The monoisotopic (exact) mass is 366 g/mol. The Morgan fingerprint density at radius 2 is 2.08 bits per heavy atom. The van der Waals surface area contributed by atoms with Crippen LogP contribution >= 0.6 is 0 Å². The Kier molecular flexibility index (Phi) is 7.65. The van der Waals surface area contributed by atoms with Crippen molar-refractivity contribution in [2.75, 3.05) is 31.5 Å². The van der Waals surface area contributed by atoms with E-state index in [1.807, 2.05) is 11.8 Å². The van der Waals surface area contributed by atoms with Gasteiger partial charge in [0.2, 0.25) is 0 Å². The average Bonchev–Trinajstić information content (AvgIpc) is 2.55. The van der Waals surface area contributed by atoms with Gasteiger partial charge in [0.1, 0.15) is 5.82 Å². The normalized spacial score (nSPS) is 18.9. The third-order valence-electron chi connectivity index (χ3n) is 4.50. The van der Waals surface area contributed by atoms with Gasteiger partial charge in [0.25, 0.3) is 0 Å². The fourth-order valence-electron chi connectivity index (χ4n) is 3.03. The molecule has 0 aliphatic heterocycles. The molecule has 2 rings (SSSR count). The second kappa shape index (κ2) is 9.96. The van der Waals surface area contributed by atoms with Crippen LogP contribution in [0.5, 0.6) is 0 Å². The molecule has 1 aliphatic rings. The predicted octanol–water partition coefficient (Wildman–Crippen LogP) is 1.86. The molecule has 1 saturated carbocycles. The zero-order valence-corrected chi connectivity index (χ0v) is 15.0. The summed E-state index contributed by atoms with van der Waals surface area (Å²) in [5, 5.41) is 17.7. The highest BCUT2D eigenvalue weighted by Crippen LogP contribution is 2.25. The summed E-state index contributed by atoms with van der Waals surface area (Å²) in [5.74, 6) is -1.11. The van der Waals surface area contributed by atoms with Gasteiger partial charge in [0.15, 0.2) is 0 Å². The first-order valence-corrected chi connectivity index (χ1v) is 8.97. The quantitative estimate of drug-likeness (QED) is 0.474. The Hall–Kier alpha value is -2.35. The van der Waals surface area contributed by atoms with Crippen LogP contribution in [0.4, 0.5) is 14.9 Å². The molecule has 0 unspecified atom stereocenters. The first kappa shape index (κ1) is 20.0. The van der Waals surface area contributed by atoms with E-state index in [1.54, 1.807) is 12.1 Å². The fraction of sp³-hybridized carbons (Fsp3) is 0.556. The minimum atomic E-state index is -0.826. The molecule has 1 aromatic rings. The number of nitrogens with zero attached hydrogens (tertiary/aromatic N) is 1. The smallest absolute Gasteiger partial charge is 0.317 e. The highest BCUT2D eigenvalue weighted by atomic mass is 19.1. The van der Waals surface area contributed by atoms with E-state index in [4.69, 9.17) is 5.11 Å². The molecule has 0 spiro atoms. The Balaban J connectivity index is 1.54. The summed E-state index contributed by atoms with van der Waals surface area (Å²) >= 11 is 0. The molecule has 4 N–H and O–H groups in total. The molecular weight excluding hydrogens is 339 g/mol. The first-order valence-electron chi connectivity index (χ1n) is 8.97. The molecule has 1 fully saturated rings. The molecule has 8 heteroatoms. The minimum absolute atomic E-state index is 0.0401. The maximum atomic E-state index is 13.0. The standard InChI is InChI=1S/C18H27FN4O3/c1-2-23(12-17(24)25)16-10-15(11-16)22-18(26)21-8-4-7-20-14-6-3-5-13(19)9-14/h3,5-6,9,15-16,20H,2,4,7-8,10-12H2,1H3,(H,24,25)(H2,21,22,26). The van der Waals surface area contributed by atoms with E-state index in [1.165, 1.54) is 12.1 Å². The number of nitrogens with one attached hydrogen (secondary N) is 3. The van der Waals surface area contributed by atoms with Crippen molar-refractivity contribution in [1.82, 2.24) is 15.5 Å². The van der Waals surface area contributed by atoms with Crippen molar-refractivity contribution in [3.8, 4) is 0 Å². The van der Waals surface area contributed by atoms with Gasteiger partial charge in [-0.3, -0.25) is 9.69 Å². The summed E-state index contributed by atoms with van der Waals surface area (Å²) in [4.78, 5) is 24.6. The van der Waals surface area contributed by atoms with E-state index in [2.05, 4.69) is 16.0 Å². The first-order chi connectivity index (χ1) is 12.5. The Bertz CT molecular complexity index is 608. The van der Waals surface area contributed by atoms with Crippen molar-refractivity contribution in [3.05, 3.63) is 30.1 Å². The summed E-state index contributed by atoms with van der Waals surface area (Å²) < 4.78 is 13.0. The second-order valence-corrected chi connectivity index (χ2v) is 6.47. The van der Waals surface area contributed by atoms with Gasteiger partial charge in [-0.25, -0.2) is 9.18 Å². The molecule has 1 aromatic carbocycles. The predicted molar refractivity (Wildman–Crippen MR) is 97.7 cm³/mol. The van der Waals surface area contributed by atoms with Crippen molar-refractivity contribution >= 4 is 17.7 Å². The topological polar surface area (TPSA) is 93.7 Å². The maximum absolute atomic E-state index is 13.0. The molecule has 0 radical (unpaired) electrons. The Morgan fingerprint density at radius 3 is 2.73 bits per heavy atom.